The van der Waals surface area contributed by atoms with Gasteiger partial charge in [0.15, 0.2) is 0 Å². The summed E-state index contributed by atoms with van der Waals surface area (Å²) in [5, 5.41) is 0.376. The van der Waals surface area contributed by atoms with Gasteiger partial charge in [-0.3, -0.25) is 24.7 Å². The number of amides is 2. The summed E-state index contributed by atoms with van der Waals surface area (Å²) in [7, 11) is 0. The van der Waals surface area contributed by atoms with Crippen LogP contribution >= 0.6 is 11.6 Å². The van der Waals surface area contributed by atoms with Gasteiger partial charge in [-0.2, -0.15) is 0 Å². The highest BCUT2D eigenvalue weighted by Gasteiger charge is 2.40. The van der Waals surface area contributed by atoms with Gasteiger partial charge in [-0.1, -0.05) is 11.6 Å². The highest BCUT2D eigenvalue weighted by molar-refractivity contribution is 6.53. The van der Waals surface area contributed by atoms with E-state index in [1.807, 2.05) is 5.43 Å². The number of nitrogens with two attached hydrogens (primary N) is 1. The van der Waals surface area contributed by atoms with Crippen LogP contribution in [0.1, 0.15) is 17.3 Å². The van der Waals surface area contributed by atoms with Crippen molar-refractivity contribution in [3.8, 4) is 0 Å². The first-order valence-electron chi connectivity index (χ1n) is 5.15. The van der Waals surface area contributed by atoms with Crippen LogP contribution in [0.5, 0.6) is 0 Å². The summed E-state index contributed by atoms with van der Waals surface area (Å²) in [6.07, 6.45) is 0. The van der Waals surface area contributed by atoms with Crippen LogP contribution < -0.4 is 16.2 Å². The Hall–Kier alpha value is -1.92. The number of carbonyl (C=O) groups excluding carboxylic acids is 3. The number of rotatable bonds is 2. The molecule has 1 heterocycles. The quantitative estimate of drug-likeness (QED) is 0.348. The number of nitrogens with one attached hydrogen (secondary N) is 1. The first kappa shape index (κ1) is 12.5. The van der Waals surface area contributed by atoms with E-state index in [2.05, 4.69) is 0 Å². The standard InChI is InChI=1S/C11H10ClN3O3/c1-5(10(17)14-13)15-8-4-6(12)2-3-7(8)9(16)11(15)18/h2-5H,13H2,1H3,(H,14,17). The molecule has 18 heavy (non-hydrogen) atoms. The molecule has 6 nitrogen and oxygen atoms in total. The Kier molecular flexibility index (Phi) is 3.06. The molecule has 1 aromatic carbocycles. The number of Topliss-reactive ketones (excluding diaryl/α,β-unsaturated/α-hetero) is 1. The van der Waals surface area contributed by atoms with Crippen LogP contribution in [0.3, 0.4) is 0 Å². The van der Waals surface area contributed by atoms with E-state index in [1.54, 1.807) is 0 Å². The SMILES string of the molecule is CC(C(=O)NN)N1C(=O)C(=O)c2ccc(Cl)cc21. The third-order valence-electron chi connectivity index (χ3n) is 2.79. The van der Waals surface area contributed by atoms with Crippen molar-refractivity contribution < 1.29 is 14.4 Å². The summed E-state index contributed by atoms with van der Waals surface area (Å²) in [6.45, 7) is 1.48. The minimum atomic E-state index is -0.883. The van der Waals surface area contributed by atoms with Gasteiger partial charge in [-0.05, 0) is 25.1 Å². The van der Waals surface area contributed by atoms with Gasteiger partial charge in [0.1, 0.15) is 6.04 Å². The molecule has 2 rings (SSSR count). The molecule has 0 bridgehead atoms. The van der Waals surface area contributed by atoms with Crippen LogP contribution in [-0.2, 0) is 9.59 Å². The fourth-order valence-corrected chi connectivity index (χ4v) is 2.02. The van der Waals surface area contributed by atoms with E-state index >= 15 is 0 Å². The molecule has 0 spiro atoms. The van der Waals surface area contributed by atoms with E-state index in [1.165, 1.54) is 25.1 Å². The molecular formula is C11H10ClN3O3. The van der Waals surface area contributed by atoms with Crippen molar-refractivity contribution in [3.63, 3.8) is 0 Å². The Morgan fingerprint density at radius 3 is 2.72 bits per heavy atom. The number of benzene rings is 1. The van der Waals surface area contributed by atoms with Gasteiger partial charge in [0.25, 0.3) is 17.6 Å². The summed E-state index contributed by atoms with van der Waals surface area (Å²) in [5.41, 5.74) is 2.51. The lowest BCUT2D eigenvalue weighted by atomic mass is 10.1. The summed E-state index contributed by atoms with van der Waals surface area (Å²) in [5.74, 6) is 3.04. The number of nitrogens with zero attached hydrogens (tertiary/aromatic N) is 1. The van der Waals surface area contributed by atoms with Crippen LogP contribution in [-0.4, -0.2) is 23.6 Å². The van der Waals surface area contributed by atoms with Crippen molar-refractivity contribution >= 4 is 34.9 Å². The number of hydrogen-bond acceptors (Lipinski definition) is 4. The Morgan fingerprint density at radius 1 is 1.44 bits per heavy atom. The van der Waals surface area contributed by atoms with Crippen molar-refractivity contribution in [2.75, 3.05) is 4.90 Å². The normalized spacial score (nSPS) is 15.6. The molecule has 94 valence electrons. The highest BCUT2D eigenvalue weighted by atomic mass is 35.5. The predicted octanol–water partition coefficient (Wildman–Crippen LogP) is 0.248. The summed E-state index contributed by atoms with van der Waals surface area (Å²) in [4.78, 5) is 36.1. The molecule has 0 saturated heterocycles. The van der Waals surface area contributed by atoms with Crippen LogP contribution in [0.2, 0.25) is 5.02 Å². The highest BCUT2D eigenvalue weighted by Crippen LogP contribution is 2.32. The first-order chi connectivity index (χ1) is 8.47. The molecule has 0 radical (unpaired) electrons. The Bertz CT molecular complexity index is 558. The van der Waals surface area contributed by atoms with Gasteiger partial charge in [-0.25, -0.2) is 5.84 Å². The van der Waals surface area contributed by atoms with Crippen molar-refractivity contribution in [1.29, 1.82) is 0 Å². The van der Waals surface area contributed by atoms with E-state index < -0.39 is 23.6 Å². The molecule has 1 atom stereocenters. The van der Waals surface area contributed by atoms with Crippen molar-refractivity contribution in [3.05, 3.63) is 28.8 Å². The summed E-state index contributed by atoms with van der Waals surface area (Å²) >= 11 is 5.83. The monoisotopic (exact) mass is 267 g/mol. The van der Waals surface area contributed by atoms with Gasteiger partial charge >= 0.3 is 0 Å². The maximum absolute atomic E-state index is 11.8. The molecule has 0 fully saturated rings. The average molecular weight is 268 g/mol. The molecule has 2 amide bonds. The van der Waals surface area contributed by atoms with Gasteiger partial charge in [0.2, 0.25) is 0 Å². The lowest BCUT2D eigenvalue weighted by Crippen LogP contribution is -2.49. The minimum Gasteiger partial charge on any atom is -0.292 e. The first-order valence-corrected chi connectivity index (χ1v) is 5.53. The molecule has 1 unspecified atom stereocenters. The van der Waals surface area contributed by atoms with E-state index in [0.717, 1.165) is 4.90 Å². The smallest absolute Gasteiger partial charge is 0.292 e. The van der Waals surface area contributed by atoms with Gasteiger partial charge in [-0.15, -0.1) is 0 Å². The van der Waals surface area contributed by atoms with Gasteiger partial charge < -0.3 is 0 Å². The minimum absolute atomic E-state index is 0.237. The zero-order chi connectivity index (χ0) is 13.4. The van der Waals surface area contributed by atoms with Gasteiger partial charge in [0, 0.05) is 5.02 Å². The second-order valence-corrected chi connectivity index (χ2v) is 4.29. The number of ketones is 1. The molecular weight excluding hydrogens is 258 g/mol. The molecule has 3 N–H and O–H groups in total. The van der Waals surface area contributed by atoms with Crippen molar-refractivity contribution in [2.45, 2.75) is 13.0 Å². The molecule has 7 heteroatoms. The van der Waals surface area contributed by atoms with Crippen LogP contribution in [0.4, 0.5) is 5.69 Å². The molecule has 0 saturated carbocycles. The van der Waals surface area contributed by atoms with Crippen molar-refractivity contribution in [2.24, 2.45) is 5.84 Å². The number of anilines is 1. The van der Waals surface area contributed by atoms with E-state index in [4.69, 9.17) is 17.4 Å². The number of hydrazine groups is 1. The predicted molar refractivity (Wildman–Crippen MR) is 65.1 cm³/mol. The number of halogens is 1. The van der Waals surface area contributed by atoms with Gasteiger partial charge in [0.05, 0.1) is 11.3 Å². The summed E-state index contributed by atoms with van der Waals surface area (Å²) < 4.78 is 0. The Balaban J connectivity index is 2.51. The third-order valence-corrected chi connectivity index (χ3v) is 3.02. The average Bonchev–Trinajstić information content (AvgIpc) is 2.60. The van der Waals surface area contributed by atoms with Crippen LogP contribution in [0.25, 0.3) is 0 Å². The van der Waals surface area contributed by atoms with Crippen LogP contribution in [0.15, 0.2) is 18.2 Å². The maximum atomic E-state index is 11.8. The lowest BCUT2D eigenvalue weighted by Gasteiger charge is -2.22. The lowest BCUT2D eigenvalue weighted by molar-refractivity contribution is -0.124. The second-order valence-electron chi connectivity index (χ2n) is 3.85. The topological polar surface area (TPSA) is 92.5 Å². The molecule has 0 aromatic heterocycles. The molecule has 1 aliphatic rings. The Morgan fingerprint density at radius 2 is 2.11 bits per heavy atom. The third kappa shape index (κ3) is 1.75. The van der Waals surface area contributed by atoms with Crippen LogP contribution in [0, 0.1) is 0 Å². The molecule has 1 aliphatic heterocycles. The number of hydrogen-bond donors (Lipinski definition) is 2. The Labute approximate surface area is 108 Å². The number of carbonyl (C=O) groups is 3. The van der Waals surface area contributed by atoms with Crippen molar-refractivity contribution in [1.82, 2.24) is 5.43 Å². The van der Waals surface area contributed by atoms with E-state index in [-0.39, 0.29) is 5.56 Å². The zero-order valence-electron chi connectivity index (χ0n) is 9.44. The molecule has 1 aromatic rings. The maximum Gasteiger partial charge on any atom is 0.300 e. The summed E-state index contributed by atoms with van der Waals surface area (Å²) in [6, 6.07) is 3.57. The largest absolute Gasteiger partial charge is 0.300 e. The fraction of sp³-hybridized carbons (Fsp3) is 0.182. The number of fused-ring (bicyclic) bond motifs is 1. The van der Waals surface area contributed by atoms with E-state index in [9.17, 15) is 14.4 Å². The zero-order valence-corrected chi connectivity index (χ0v) is 10.2. The van der Waals surface area contributed by atoms with E-state index in [0.29, 0.717) is 10.7 Å². The molecule has 0 aliphatic carbocycles. The fourth-order valence-electron chi connectivity index (χ4n) is 1.85. The second kappa shape index (κ2) is 4.40.